The quantitative estimate of drug-likeness (QED) is 0.334. The van der Waals surface area contributed by atoms with E-state index in [4.69, 9.17) is 16.4 Å². The molecule has 0 spiro atoms. The molecular formula is C26H25ClF2N4O2. The topological polar surface area (TPSA) is 67.7 Å². The Kier molecular flexibility index (Phi) is 7.70. The number of nitrogens with zero attached hydrogens (tertiary/aromatic N) is 4. The molecule has 4 rings (SSSR count). The molecule has 0 radical (unpaired) electrons. The van der Waals surface area contributed by atoms with Gasteiger partial charge in [0.1, 0.15) is 17.5 Å². The van der Waals surface area contributed by atoms with E-state index >= 15 is 0 Å². The Morgan fingerprint density at radius 3 is 2.54 bits per heavy atom. The van der Waals surface area contributed by atoms with Crippen molar-refractivity contribution >= 4 is 23.2 Å². The predicted molar refractivity (Wildman–Crippen MR) is 130 cm³/mol. The number of rotatable bonds is 6. The second kappa shape index (κ2) is 10.9. The molecule has 6 nitrogen and oxygen atoms in total. The number of halogens is 3. The number of aromatic nitrogens is 2. The van der Waals surface area contributed by atoms with Crippen molar-refractivity contribution in [1.82, 2.24) is 14.9 Å². The fourth-order valence-electron chi connectivity index (χ4n) is 4.14. The van der Waals surface area contributed by atoms with Gasteiger partial charge >= 0.3 is 0 Å². The molecule has 1 fully saturated rings. The van der Waals surface area contributed by atoms with Gasteiger partial charge in [0.2, 0.25) is 5.91 Å². The summed E-state index contributed by atoms with van der Waals surface area (Å²) < 4.78 is 27.9. The lowest BCUT2D eigenvalue weighted by Gasteiger charge is -2.32. The Balaban J connectivity index is 1.45. The van der Waals surface area contributed by atoms with Gasteiger partial charge in [-0.3, -0.25) is 4.79 Å². The van der Waals surface area contributed by atoms with Crippen molar-refractivity contribution in [3.8, 4) is 5.75 Å². The number of carbonyl (C=O) groups is 1. The molecular weight excluding hydrogens is 474 g/mol. The number of benzene rings is 2. The molecule has 35 heavy (non-hydrogen) atoms. The van der Waals surface area contributed by atoms with Crippen molar-refractivity contribution in [2.75, 3.05) is 13.1 Å². The highest BCUT2D eigenvalue weighted by atomic mass is 35.5. The number of carbonyl (C=O) groups excluding carboxylic acids is 1. The number of piperidine rings is 1. The van der Waals surface area contributed by atoms with Crippen molar-refractivity contribution in [3.05, 3.63) is 88.0 Å². The summed E-state index contributed by atoms with van der Waals surface area (Å²) in [7, 11) is 0. The lowest BCUT2D eigenvalue weighted by molar-refractivity contribution is -0.131. The highest BCUT2D eigenvalue weighted by Crippen LogP contribution is 2.30. The predicted octanol–water partition coefficient (Wildman–Crippen LogP) is 5.47. The van der Waals surface area contributed by atoms with Crippen LogP contribution in [-0.4, -0.2) is 39.6 Å². The zero-order valence-electron chi connectivity index (χ0n) is 19.5. The molecule has 0 saturated carbocycles. The van der Waals surface area contributed by atoms with Crippen LogP contribution in [0.5, 0.6) is 5.75 Å². The molecule has 0 N–H and O–H groups in total. The summed E-state index contributed by atoms with van der Waals surface area (Å²) in [6.07, 6.45) is 2.76. The minimum atomic E-state index is -0.705. The van der Waals surface area contributed by atoms with Crippen LogP contribution in [0.1, 0.15) is 48.3 Å². The molecule has 2 aromatic carbocycles. The Labute approximate surface area is 207 Å². The number of amides is 1. The number of oxime groups is 1. The average molecular weight is 499 g/mol. The van der Waals surface area contributed by atoms with Crippen LogP contribution in [0, 0.1) is 18.6 Å². The molecule has 1 aliphatic heterocycles. The van der Waals surface area contributed by atoms with Gasteiger partial charge in [0.25, 0.3) is 0 Å². The van der Waals surface area contributed by atoms with Gasteiger partial charge in [0, 0.05) is 47.4 Å². The van der Waals surface area contributed by atoms with Gasteiger partial charge in [-0.1, -0.05) is 28.9 Å². The van der Waals surface area contributed by atoms with E-state index in [9.17, 15) is 13.6 Å². The van der Waals surface area contributed by atoms with E-state index in [1.807, 2.05) is 13.8 Å². The first-order chi connectivity index (χ1) is 16.8. The van der Waals surface area contributed by atoms with E-state index in [2.05, 4.69) is 15.1 Å². The van der Waals surface area contributed by atoms with Gasteiger partial charge in [-0.05, 0) is 51.0 Å². The van der Waals surface area contributed by atoms with E-state index in [0.717, 1.165) is 23.4 Å². The maximum Gasteiger partial charge on any atom is 0.227 e. The summed E-state index contributed by atoms with van der Waals surface area (Å²) >= 11 is 6.00. The Morgan fingerprint density at radius 1 is 1.17 bits per heavy atom. The van der Waals surface area contributed by atoms with E-state index < -0.39 is 11.6 Å². The number of likely N-dealkylation sites (tertiary alicyclic amines) is 1. The molecule has 2 heterocycles. The summed E-state index contributed by atoms with van der Waals surface area (Å²) in [6.45, 7) is 4.59. The third-order valence-corrected chi connectivity index (χ3v) is 6.27. The summed E-state index contributed by atoms with van der Waals surface area (Å²) in [4.78, 5) is 28.9. The van der Waals surface area contributed by atoms with E-state index in [1.165, 1.54) is 6.07 Å². The summed E-state index contributed by atoms with van der Waals surface area (Å²) in [5.41, 5.74) is 2.05. The summed E-state index contributed by atoms with van der Waals surface area (Å²) in [6, 6.07) is 10.6. The Hall–Kier alpha value is -3.39. The lowest BCUT2D eigenvalue weighted by Crippen LogP contribution is -2.39. The number of aryl methyl sites for hydroxylation is 1. The summed E-state index contributed by atoms with van der Waals surface area (Å²) in [5.74, 6) is -0.463. The molecule has 3 aromatic rings. The van der Waals surface area contributed by atoms with E-state index in [1.54, 1.807) is 35.4 Å². The molecule has 0 bridgehead atoms. The standard InChI is InChI=1S/C26H25ClF2N4O2/c1-16(32-35-20-6-3-5-19(27)13-20)22-15-30-17(2)31-26(22)18-9-11-33(12-10-18)25(34)14-21-23(28)7-4-8-24(21)29/h3-8,13,15,18H,9-12,14H2,1-2H3/b32-16+. The van der Waals surface area contributed by atoms with Crippen molar-refractivity contribution < 1.29 is 18.4 Å². The SMILES string of the molecule is C/C(=N\Oc1cccc(Cl)c1)c1cnc(C)nc1C1CCN(C(=O)Cc2c(F)cccc2F)CC1. The molecule has 1 saturated heterocycles. The molecule has 1 amide bonds. The van der Waals surface area contributed by atoms with Crippen molar-refractivity contribution in [2.45, 2.75) is 39.0 Å². The van der Waals surface area contributed by atoms with E-state index in [-0.39, 0.29) is 23.8 Å². The van der Waals surface area contributed by atoms with Crippen LogP contribution < -0.4 is 4.84 Å². The fourth-order valence-corrected chi connectivity index (χ4v) is 4.32. The smallest absolute Gasteiger partial charge is 0.227 e. The zero-order valence-corrected chi connectivity index (χ0v) is 20.2. The van der Waals surface area contributed by atoms with Gasteiger partial charge in [0.15, 0.2) is 5.75 Å². The zero-order chi connectivity index (χ0) is 24.9. The third-order valence-electron chi connectivity index (χ3n) is 6.04. The molecule has 0 atom stereocenters. The van der Waals surface area contributed by atoms with E-state index in [0.29, 0.717) is 48.2 Å². The van der Waals surface area contributed by atoms with Crippen LogP contribution in [0.25, 0.3) is 0 Å². The lowest BCUT2D eigenvalue weighted by atomic mass is 9.89. The normalized spacial score (nSPS) is 14.8. The minimum Gasteiger partial charge on any atom is -0.357 e. The number of hydrogen-bond donors (Lipinski definition) is 0. The van der Waals surface area contributed by atoms with Gasteiger partial charge in [-0.25, -0.2) is 18.7 Å². The maximum atomic E-state index is 14.0. The second-order valence-corrected chi connectivity index (χ2v) is 8.91. The Bertz CT molecular complexity index is 1240. The van der Waals surface area contributed by atoms with Gasteiger partial charge in [-0.15, -0.1) is 0 Å². The van der Waals surface area contributed by atoms with Crippen LogP contribution in [0.3, 0.4) is 0 Å². The highest BCUT2D eigenvalue weighted by molar-refractivity contribution is 6.30. The maximum absolute atomic E-state index is 14.0. The average Bonchev–Trinajstić information content (AvgIpc) is 2.85. The summed E-state index contributed by atoms with van der Waals surface area (Å²) in [5, 5.41) is 4.79. The minimum absolute atomic E-state index is 0.0808. The third kappa shape index (κ3) is 6.00. The van der Waals surface area contributed by atoms with Crippen LogP contribution in [0.4, 0.5) is 8.78 Å². The van der Waals surface area contributed by atoms with Gasteiger partial charge in [-0.2, -0.15) is 0 Å². The van der Waals surface area contributed by atoms with Crippen LogP contribution in [0.2, 0.25) is 5.02 Å². The first-order valence-corrected chi connectivity index (χ1v) is 11.7. The molecule has 182 valence electrons. The Morgan fingerprint density at radius 2 is 1.86 bits per heavy atom. The van der Waals surface area contributed by atoms with Crippen LogP contribution in [-0.2, 0) is 11.2 Å². The van der Waals surface area contributed by atoms with Crippen LogP contribution in [0.15, 0.2) is 53.8 Å². The second-order valence-electron chi connectivity index (χ2n) is 8.47. The first-order valence-electron chi connectivity index (χ1n) is 11.3. The van der Waals surface area contributed by atoms with Gasteiger partial charge in [0.05, 0.1) is 17.8 Å². The van der Waals surface area contributed by atoms with Crippen molar-refractivity contribution in [2.24, 2.45) is 5.16 Å². The first kappa shape index (κ1) is 24.7. The van der Waals surface area contributed by atoms with Crippen molar-refractivity contribution in [1.29, 1.82) is 0 Å². The monoisotopic (exact) mass is 498 g/mol. The molecule has 1 aromatic heterocycles. The van der Waals surface area contributed by atoms with Gasteiger partial charge < -0.3 is 9.74 Å². The van der Waals surface area contributed by atoms with Crippen molar-refractivity contribution in [3.63, 3.8) is 0 Å². The molecule has 0 aliphatic carbocycles. The largest absolute Gasteiger partial charge is 0.357 e. The fraction of sp³-hybridized carbons (Fsp3) is 0.308. The molecule has 1 aliphatic rings. The van der Waals surface area contributed by atoms with Crippen LogP contribution >= 0.6 is 11.6 Å². The molecule has 0 unspecified atom stereocenters. The molecule has 9 heteroatoms. The number of hydrogen-bond acceptors (Lipinski definition) is 5. The highest BCUT2D eigenvalue weighted by Gasteiger charge is 2.28.